The molecule has 2 aliphatic heterocycles. The first kappa shape index (κ1) is 11.5. The standard InChI is InChI=1S/C10H17N3O3/c14-13(15)10(9-2-1-3-11-9)8-12-4-6-16-7-5-12/h10H,1-8H2. The number of aliphatic imine (C=N–C) groups is 1. The second kappa shape index (κ2) is 5.36. The number of nitro groups is 1. The van der Waals surface area contributed by atoms with Crippen molar-refractivity contribution in [3.63, 3.8) is 0 Å². The van der Waals surface area contributed by atoms with Crippen molar-refractivity contribution >= 4 is 5.71 Å². The minimum atomic E-state index is -0.611. The van der Waals surface area contributed by atoms with Gasteiger partial charge in [0.2, 0.25) is 0 Å². The molecule has 6 heteroatoms. The summed E-state index contributed by atoms with van der Waals surface area (Å²) in [6.45, 7) is 4.17. The number of hydrogen-bond acceptors (Lipinski definition) is 5. The van der Waals surface area contributed by atoms with Gasteiger partial charge < -0.3 is 4.74 Å². The predicted octanol–water partition coefficient (Wildman–Crippen LogP) is 0.199. The maximum Gasteiger partial charge on any atom is 0.262 e. The molecule has 2 rings (SSSR count). The Kier molecular flexibility index (Phi) is 3.84. The monoisotopic (exact) mass is 227 g/mol. The Hall–Kier alpha value is -1.01. The zero-order valence-corrected chi connectivity index (χ0v) is 9.30. The zero-order chi connectivity index (χ0) is 11.4. The number of nitrogens with zero attached hydrogens (tertiary/aromatic N) is 3. The molecule has 1 atom stereocenters. The summed E-state index contributed by atoms with van der Waals surface area (Å²) < 4.78 is 5.23. The molecule has 0 aromatic heterocycles. The molecule has 1 unspecified atom stereocenters. The average Bonchev–Trinajstić information content (AvgIpc) is 2.80. The van der Waals surface area contributed by atoms with Crippen LogP contribution < -0.4 is 0 Å². The Balaban J connectivity index is 1.94. The molecule has 0 aliphatic carbocycles. The number of rotatable bonds is 4. The molecule has 0 aromatic carbocycles. The van der Waals surface area contributed by atoms with E-state index in [0.717, 1.165) is 38.2 Å². The van der Waals surface area contributed by atoms with E-state index in [0.29, 0.717) is 19.8 Å². The minimum absolute atomic E-state index is 0.195. The Morgan fingerprint density at radius 1 is 1.50 bits per heavy atom. The van der Waals surface area contributed by atoms with Crippen LogP contribution in [0.25, 0.3) is 0 Å². The maximum atomic E-state index is 11.0. The van der Waals surface area contributed by atoms with Crippen molar-refractivity contribution in [3.05, 3.63) is 10.1 Å². The topological polar surface area (TPSA) is 68.0 Å². The third-order valence-corrected chi connectivity index (χ3v) is 3.08. The number of hydrogen-bond donors (Lipinski definition) is 0. The van der Waals surface area contributed by atoms with Crippen LogP contribution in [0.4, 0.5) is 0 Å². The summed E-state index contributed by atoms with van der Waals surface area (Å²) >= 11 is 0. The van der Waals surface area contributed by atoms with Crippen molar-refractivity contribution in [2.24, 2.45) is 4.99 Å². The van der Waals surface area contributed by atoms with Gasteiger partial charge in [-0.1, -0.05) is 0 Å². The van der Waals surface area contributed by atoms with Crippen LogP contribution in [0.5, 0.6) is 0 Å². The molecule has 6 nitrogen and oxygen atoms in total. The van der Waals surface area contributed by atoms with Crippen LogP contribution in [-0.4, -0.2) is 61.0 Å². The van der Waals surface area contributed by atoms with E-state index >= 15 is 0 Å². The van der Waals surface area contributed by atoms with Crippen molar-refractivity contribution in [1.29, 1.82) is 0 Å². The highest BCUT2D eigenvalue weighted by atomic mass is 16.6. The molecule has 1 fully saturated rings. The lowest BCUT2D eigenvalue weighted by atomic mass is 10.1. The molecule has 16 heavy (non-hydrogen) atoms. The van der Waals surface area contributed by atoms with Gasteiger partial charge in [0.15, 0.2) is 0 Å². The SMILES string of the molecule is O=[N+]([O-])C(CN1CCOCC1)C1=NCCC1. The van der Waals surface area contributed by atoms with Gasteiger partial charge >= 0.3 is 0 Å². The van der Waals surface area contributed by atoms with Gasteiger partial charge in [0.05, 0.1) is 25.5 Å². The normalized spacial score (nSPS) is 24.1. The molecule has 0 N–H and O–H groups in total. The number of ether oxygens (including phenoxy) is 1. The largest absolute Gasteiger partial charge is 0.379 e. The van der Waals surface area contributed by atoms with Gasteiger partial charge in [0, 0.05) is 24.6 Å². The Bertz CT molecular complexity index is 287. The first-order chi connectivity index (χ1) is 7.77. The Labute approximate surface area is 94.4 Å². The van der Waals surface area contributed by atoms with Crippen molar-refractivity contribution < 1.29 is 9.66 Å². The summed E-state index contributed by atoms with van der Waals surface area (Å²) in [5.74, 6) is 0. The van der Waals surface area contributed by atoms with Gasteiger partial charge in [0.1, 0.15) is 0 Å². The molecular formula is C10H17N3O3. The van der Waals surface area contributed by atoms with E-state index in [4.69, 9.17) is 4.74 Å². The van der Waals surface area contributed by atoms with Crippen LogP contribution in [0.1, 0.15) is 12.8 Å². The Morgan fingerprint density at radius 3 is 2.81 bits per heavy atom. The van der Waals surface area contributed by atoms with Crippen LogP contribution in [0.2, 0.25) is 0 Å². The van der Waals surface area contributed by atoms with Crippen LogP contribution in [-0.2, 0) is 4.74 Å². The first-order valence-electron chi connectivity index (χ1n) is 5.74. The van der Waals surface area contributed by atoms with Crippen LogP contribution in [0.15, 0.2) is 4.99 Å². The van der Waals surface area contributed by atoms with E-state index in [1.165, 1.54) is 0 Å². The lowest BCUT2D eigenvalue weighted by molar-refractivity contribution is -0.503. The van der Waals surface area contributed by atoms with Gasteiger partial charge in [-0.25, -0.2) is 0 Å². The molecule has 2 heterocycles. The molecule has 0 amide bonds. The average molecular weight is 227 g/mol. The van der Waals surface area contributed by atoms with Crippen LogP contribution >= 0.6 is 0 Å². The van der Waals surface area contributed by atoms with Crippen molar-refractivity contribution in [2.75, 3.05) is 39.4 Å². The molecule has 0 radical (unpaired) electrons. The smallest absolute Gasteiger partial charge is 0.262 e. The fourth-order valence-corrected chi connectivity index (χ4v) is 2.16. The van der Waals surface area contributed by atoms with E-state index < -0.39 is 6.04 Å². The van der Waals surface area contributed by atoms with Crippen LogP contribution in [0.3, 0.4) is 0 Å². The predicted molar refractivity (Wildman–Crippen MR) is 59.6 cm³/mol. The Morgan fingerprint density at radius 2 is 2.25 bits per heavy atom. The lowest BCUT2D eigenvalue weighted by Crippen LogP contribution is -2.45. The third-order valence-electron chi connectivity index (χ3n) is 3.08. The molecule has 0 aromatic rings. The summed E-state index contributed by atoms with van der Waals surface area (Å²) in [5, 5.41) is 11.0. The molecule has 0 spiro atoms. The fourth-order valence-electron chi connectivity index (χ4n) is 2.16. The minimum Gasteiger partial charge on any atom is -0.379 e. The third kappa shape index (κ3) is 2.76. The molecule has 0 saturated carbocycles. The first-order valence-corrected chi connectivity index (χ1v) is 5.74. The summed E-state index contributed by atoms with van der Waals surface area (Å²) in [6.07, 6.45) is 1.75. The fraction of sp³-hybridized carbons (Fsp3) is 0.900. The molecule has 2 aliphatic rings. The highest BCUT2D eigenvalue weighted by molar-refractivity contribution is 5.89. The molecular weight excluding hydrogens is 210 g/mol. The highest BCUT2D eigenvalue weighted by Gasteiger charge is 2.31. The lowest BCUT2D eigenvalue weighted by Gasteiger charge is -2.27. The summed E-state index contributed by atoms with van der Waals surface area (Å²) in [6, 6.07) is -0.611. The molecule has 0 bridgehead atoms. The molecule has 1 saturated heterocycles. The van der Waals surface area contributed by atoms with E-state index in [9.17, 15) is 10.1 Å². The van der Waals surface area contributed by atoms with E-state index in [2.05, 4.69) is 9.89 Å². The second-order valence-electron chi connectivity index (χ2n) is 4.19. The highest BCUT2D eigenvalue weighted by Crippen LogP contribution is 2.11. The molecule has 90 valence electrons. The van der Waals surface area contributed by atoms with E-state index in [-0.39, 0.29) is 4.92 Å². The van der Waals surface area contributed by atoms with Crippen molar-refractivity contribution in [1.82, 2.24) is 4.90 Å². The zero-order valence-electron chi connectivity index (χ0n) is 9.30. The van der Waals surface area contributed by atoms with Gasteiger partial charge in [-0.3, -0.25) is 20.0 Å². The summed E-state index contributed by atoms with van der Waals surface area (Å²) in [4.78, 5) is 17.2. The van der Waals surface area contributed by atoms with Gasteiger partial charge in [-0.2, -0.15) is 0 Å². The van der Waals surface area contributed by atoms with Gasteiger partial charge in [-0.15, -0.1) is 0 Å². The quantitative estimate of drug-likeness (QED) is 0.508. The second-order valence-corrected chi connectivity index (χ2v) is 4.19. The van der Waals surface area contributed by atoms with Crippen LogP contribution in [0, 0.1) is 10.1 Å². The van der Waals surface area contributed by atoms with E-state index in [1.807, 2.05) is 0 Å². The van der Waals surface area contributed by atoms with Gasteiger partial charge in [0.25, 0.3) is 6.04 Å². The number of morpholine rings is 1. The van der Waals surface area contributed by atoms with Crippen molar-refractivity contribution in [3.8, 4) is 0 Å². The van der Waals surface area contributed by atoms with Crippen molar-refractivity contribution in [2.45, 2.75) is 18.9 Å². The van der Waals surface area contributed by atoms with Gasteiger partial charge in [-0.05, 0) is 12.8 Å². The summed E-state index contributed by atoms with van der Waals surface area (Å²) in [7, 11) is 0. The summed E-state index contributed by atoms with van der Waals surface area (Å²) in [5.41, 5.74) is 0.775. The maximum absolute atomic E-state index is 11.0. The van der Waals surface area contributed by atoms with E-state index in [1.54, 1.807) is 0 Å².